The molecule has 0 aromatic heterocycles. The van der Waals surface area contributed by atoms with Gasteiger partial charge in [0, 0.05) is 18.1 Å². The number of alkyl halides is 6. The molecule has 0 aliphatic carbocycles. The molecular formula is C13H16F6N2O5S2. The van der Waals surface area contributed by atoms with Gasteiger partial charge in [-0.05, 0) is 19.4 Å². The summed E-state index contributed by atoms with van der Waals surface area (Å²) in [5, 5.41) is 0. The Morgan fingerprint density at radius 1 is 1.25 bits per heavy atom. The summed E-state index contributed by atoms with van der Waals surface area (Å²) in [6.07, 6.45) is -3.21. The van der Waals surface area contributed by atoms with Crippen molar-refractivity contribution in [2.24, 2.45) is 0 Å². The third-order valence-electron chi connectivity index (χ3n) is 3.56. The van der Waals surface area contributed by atoms with Gasteiger partial charge in [-0.3, -0.25) is 4.72 Å². The highest BCUT2D eigenvalue weighted by Gasteiger charge is 2.46. The summed E-state index contributed by atoms with van der Waals surface area (Å²) in [6.45, 7) is 3.69. The number of sulfonamides is 1. The molecule has 1 aliphatic rings. The monoisotopic (exact) mass is 458 g/mol. The number of nitrogens with one attached hydrogen (secondary N) is 2. The molecule has 15 heteroatoms. The third kappa shape index (κ3) is 7.54. The summed E-state index contributed by atoms with van der Waals surface area (Å²) in [6, 6.07) is 4.57. The summed E-state index contributed by atoms with van der Waals surface area (Å²) in [4.78, 5) is 1.15. The molecule has 2 unspecified atom stereocenters. The van der Waals surface area contributed by atoms with Crippen LogP contribution in [0.3, 0.4) is 0 Å². The van der Waals surface area contributed by atoms with E-state index in [1.165, 1.54) is 12.1 Å². The number of fused-ring (bicyclic) bond motifs is 1. The van der Waals surface area contributed by atoms with Crippen LogP contribution in [0.2, 0.25) is 0 Å². The average Bonchev–Trinajstić information content (AvgIpc) is 2.51. The first-order valence-electron chi connectivity index (χ1n) is 7.59. The van der Waals surface area contributed by atoms with E-state index in [0.717, 1.165) is 42.1 Å². The predicted octanol–water partition coefficient (Wildman–Crippen LogP) is 1.75. The summed E-state index contributed by atoms with van der Waals surface area (Å²) >= 11 is -3.51. The Labute approximate surface area is 159 Å². The van der Waals surface area contributed by atoms with Gasteiger partial charge in [-0.15, -0.1) is 13.2 Å². The smallest absolute Gasteiger partial charge is 0.534 e. The second kappa shape index (κ2) is 9.39. The molecule has 162 valence electrons. The number of benzene rings is 1. The lowest BCUT2D eigenvalue weighted by Crippen LogP contribution is -3.07. The van der Waals surface area contributed by atoms with Crippen LogP contribution in [0.5, 0.6) is 0 Å². The number of aryl methyl sites for hydroxylation is 1. The Balaban J connectivity index is 0.000000416. The minimum absolute atomic E-state index is 0.0473. The molecule has 0 spiro atoms. The van der Waals surface area contributed by atoms with E-state index in [1.54, 1.807) is 10.8 Å². The molecule has 1 aromatic rings. The van der Waals surface area contributed by atoms with Crippen LogP contribution in [0.25, 0.3) is 0 Å². The van der Waals surface area contributed by atoms with Gasteiger partial charge in [-0.1, -0.05) is 6.07 Å². The second-order valence-electron chi connectivity index (χ2n) is 5.47. The largest absolute Gasteiger partial charge is 0.750 e. The SMILES string of the molecule is CC[NH+]1CCCc2ccc(NS(=O)(=O)C(F)(F)F)cc21.O=S([O-])OC(F)(F)F. The van der Waals surface area contributed by atoms with Crippen molar-refractivity contribution in [3.8, 4) is 0 Å². The van der Waals surface area contributed by atoms with Crippen LogP contribution in [-0.2, 0) is 32.0 Å². The first kappa shape index (κ1) is 24.6. The maximum Gasteiger partial charge on any atom is 0.534 e. The van der Waals surface area contributed by atoms with E-state index in [-0.39, 0.29) is 5.69 Å². The van der Waals surface area contributed by atoms with Crippen LogP contribution < -0.4 is 9.62 Å². The quantitative estimate of drug-likeness (QED) is 0.529. The predicted molar refractivity (Wildman–Crippen MR) is 85.5 cm³/mol. The van der Waals surface area contributed by atoms with Crippen LogP contribution in [-0.4, -0.2) is 42.1 Å². The van der Waals surface area contributed by atoms with Crippen molar-refractivity contribution in [1.29, 1.82) is 0 Å². The van der Waals surface area contributed by atoms with Gasteiger partial charge in [0.15, 0.2) is 0 Å². The third-order valence-corrected chi connectivity index (χ3v) is 5.00. The maximum atomic E-state index is 12.3. The minimum atomic E-state index is -5.36. The van der Waals surface area contributed by atoms with Crippen LogP contribution in [0, 0.1) is 0 Å². The molecule has 7 nitrogen and oxygen atoms in total. The molecule has 1 aliphatic heterocycles. The lowest BCUT2D eigenvalue weighted by Gasteiger charge is -2.25. The first-order valence-corrected chi connectivity index (χ1v) is 10.1. The fourth-order valence-corrected chi connectivity index (χ4v) is 3.18. The fraction of sp³-hybridized carbons (Fsp3) is 0.538. The van der Waals surface area contributed by atoms with Crippen LogP contribution >= 0.6 is 0 Å². The lowest BCUT2D eigenvalue weighted by molar-refractivity contribution is -0.833. The molecule has 2 atom stereocenters. The van der Waals surface area contributed by atoms with E-state index in [1.807, 2.05) is 6.92 Å². The number of quaternary nitrogens is 1. The van der Waals surface area contributed by atoms with Gasteiger partial charge in [0.05, 0.1) is 30.1 Å². The number of hydrogen-bond acceptors (Lipinski definition) is 5. The minimum Gasteiger partial charge on any atom is -0.750 e. The number of anilines is 1. The lowest BCUT2D eigenvalue weighted by atomic mass is 10.0. The first-order chi connectivity index (χ1) is 12.7. The average molecular weight is 458 g/mol. The van der Waals surface area contributed by atoms with E-state index >= 15 is 0 Å². The van der Waals surface area contributed by atoms with Gasteiger partial charge in [0.25, 0.3) is 0 Å². The molecule has 2 rings (SSSR count). The van der Waals surface area contributed by atoms with E-state index in [2.05, 4.69) is 4.18 Å². The molecule has 2 N–H and O–H groups in total. The van der Waals surface area contributed by atoms with E-state index in [9.17, 15) is 34.8 Å². The highest BCUT2D eigenvalue weighted by Crippen LogP contribution is 2.27. The Kier molecular flexibility index (Phi) is 8.25. The van der Waals surface area contributed by atoms with Crippen LogP contribution in [0.4, 0.5) is 37.7 Å². The van der Waals surface area contributed by atoms with Gasteiger partial charge in [0.1, 0.15) is 5.69 Å². The second-order valence-corrected chi connectivity index (χ2v) is 7.72. The highest BCUT2D eigenvalue weighted by atomic mass is 32.2. The zero-order valence-electron chi connectivity index (χ0n) is 14.2. The van der Waals surface area contributed by atoms with Crippen molar-refractivity contribution >= 4 is 32.8 Å². The van der Waals surface area contributed by atoms with Crippen LogP contribution in [0.1, 0.15) is 18.9 Å². The number of halogens is 6. The van der Waals surface area contributed by atoms with Gasteiger partial charge in [-0.25, -0.2) is 8.39 Å². The van der Waals surface area contributed by atoms with E-state index in [4.69, 9.17) is 8.76 Å². The van der Waals surface area contributed by atoms with Crippen molar-refractivity contribution in [2.75, 3.05) is 17.8 Å². The van der Waals surface area contributed by atoms with Crippen LogP contribution in [0.15, 0.2) is 18.2 Å². The fourth-order valence-electron chi connectivity index (χ4n) is 2.47. The Hall–Kier alpha value is -1.42. The molecule has 1 heterocycles. The molecule has 1 aromatic carbocycles. The Morgan fingerprint density at radius 3 is 2.29 bits per heavy atom. The van der Waals surface area contributed by atoms with E-state index in [0.29, 0.717) is 0 Å². The Bertz CT molecular complexity index is 798. The maximum absolute atomic E-state index is 12.3. The standard InChI is InChI=1S/C12H15F3N2O2S.CHF3O3S/c1-2-17-7-3-4-9-5-6-10(8-11(9)17)16-20(18,19)12(13,14)15;2-1(3,4)7-8(5)6/h5-6,8,16H,2-4,7H2,1H3;(H,5,6). The Morgan fingerprint density at radius 2 is 1.86 bits per heavy atom. The van der Waals surface area contributed by atoms with Crippen molar-refractivity contribution in [1.82, 2.24) is 0 Å². The molecule has 28 heavy (non-hydrogen) atoms. The van der Waals surface area contributed by atoms with Crippen molar-refractivity contribution in [3.63, 3.8) is 0 Å². The van der Waals surface area contributed by atoms with Gasteiger partial charge >= 0.3 is 21.9 Å². The molecule has 0 radical (unpaired) electrons. The zero-order chi connectivity index (χ0) is 21.8. The summed E-state index contributed by atoms with van der Waals surface area (Å²) in [5.74, 6) is 0. The van der Waals surface area contributed by atoms with Gasteiger partial charge in [0.2, 0.25) is 0 Å². The van der Waals surface area contributed by atoms with Gasteiger partial charge in [-0.2, -0.15) is 21.6 Å². The molecular weight excluding hydrogens is 442 g/mol. The van der Waals surface area contributed by atoms with Gasteiger partial charge < -0.3 is 9.45 Å². The normalized spacial score (nSPS) is 18.5. The van der Waals surface area contributed by atoms with Crippen molar-refractivity contribution < 1.29 is 52.6 Å². The molecule has 0 saturated heterocycles. The summed E-state index contributed by atoms with van der Waals surface area (Å²) < 4.78 is 113. The van der Waals surface area contributed by atoms with Crippen molar-refractivity contribution in [2.45, 2.75) is 31.6 Å². The molecule has 0 amide bonds. The number of rotatable bonds is 4. The molecule has 0 bridgehead atoms. The molecule has 0 fully saturated rings. The van der Waals surface area contributed by atoms with Crippen molar-refractivity contribution in [3.05, 3.63) is 23.8 Å². The summed E-state index contributed by atoms with van der Waals surface area (Å²) in [5.41, 5.74) is -3.42. The highest BCUT2D eigenvalue weighted by molar-refractivity contribution is 7.93. The molecule has 0 saturated carbocycles. The topological polar surface area (TPSA) is 100.0 Å². The zero-order valence-corrected chi connectivity index (χ0v) is 15.8. The van der Waals surface area contributed by atoms with E-state index < -0.39 is 33.3 Å². The number of hydrogen-bond donors (Lipinski definition) is 2. The summed E-state index contributed by atoms with van der Waals surface area (Å²) in [7, 11) is -5.36.